The number of hydrogen-bond donors (Lipinski definition) is 2. The number of benzene rings is 1. The number of anilines is 2. The summed E-state index contributed by atoms with van der Waals surface area (Å²) in [6.45, 7) is 1.74. The summed E-state index contributed by atoms with van der Waals surface area (Å²) in [5.41, 5.74) is 6.48. The van der Waals surface area contributed by atoms with Crippen molar-refractivity contribution >= 4 is 17.4 Å². The largest absolute Gasteiger partial charge is 0.496 e. The third-order valence-electron chi connectivity index (χ3n) is 2.34. The van der Waals surface area contributed by atoms with E-state index in [-0.39, 0.29) is 5.91 Å². The van der Waals surface area contributed by atoms with Crippen molar-refractivity contribution in [2.45, 2.75) is 6.92 Å². The lowest BCUT2D eigenvalue weighted by Gasteiger charge is -2.08. The van der Waals surface area contributed by atoms with E-state index in [2.05, 4.69) is 10.5 Å². The van der Waals surface area contributed by atoms with E-state index >= 15 is 0 Å². The fourth-order valence-corrected chi connectivity index (χ4v) is 1.51. The van der Waals surface area contributed by atoms with Crippen molar-refractivity contribution in [3.8, 4) is 5.75 Å². The van der Waals surface area contributed by atoms with Gasteiger partial charge in [-0.25, -0.2) is 0 Å². The van der Waals surface area contributed by atoms with Crippen molar-refractivity contribution in [1.82, 2.24) is 5.16 Å². The third kappa shape index (κ3) is 2.42. The number of ether oxygens (including phenoxy) is 1. The maximum Gasteiger partial charge on any atom is 0.260 e. The van der Waals surface area contributed by atoms with Crippen molar-refractivity contribution in [2.24, 2.45) is 0 Å². The van der Waals surface area contributed by atoms with Gasteiger partial charge in [-0.15, -0.1) is 0 Å². The highest BCUT2D eigenvalue weighted by atomic mass is 16.5. The molecule has 1 aromatic carbocycles. The number of rotatable bonds is 3. The number of aromatic nitrogens is 1. The molecule has 0 saturated carbocycles. The molecule has 0 saturated heterocycles. The lowest BCUT2D eigenvalue weighted by molar-refractivity contribution is 0.102. The van der Waals surface area contributed by atoms with Crippen LogP contribution in [0.5, 0.6) is 5.75 Å². The van der Waals surface area contributed by atoms with Crippen LogP contribution < -0.4 is 15.8 Å². The van der Waals surface area contributed by atoms with E-state index < -0.39 is 0 Å². The normalized spacial score (nSPS) is 10.1. The molecule has 2 rings (SSSR count). The Morgan fingerprint density at radius 2 is 2.22 bits per heavy atom. The summed E-state index contributed by atoms with van der Waals surface area (Å²) in [7, 11) is 1.49. The molecule has 3 N–H and O–H groups in total. The second-order valence-electron chi connectivity index (χ2n) is 3.74. The van der Waals surface area contributed by atoms with Gasteiger partial charge in [-0.3, -0.25) is 4.79 Å². The van der Waals surface area contributed by atoms with Gasteiger partial charge in [0.25, 0.3) is 5.91 Å². The first-order chi connectivity index (χ1) is 8.60. The molecule has 1 amide bonds. The molecule has 6 nitrogen and oxygen atoms in total. The second-order valence-corrected chi connectivity index (χ2v) is 3.74. The number of carbonyl (C=O) groups excluding carboxylic acids is 1. The van der Waals surface area contributed by atoms with Crippen molar-refractivity contribution in [3.05, 3.63) is 35.6 Å². The van der Waals surface area contributed by atoms with Crippen molar-refractivity contribution < 1.29 is 14.1 Å². The highest BCUT2D eigenvalue weighted by Gasteiger charge is 2.14. The van der Waals surface area contributed by atoms with Gasteiger partial charge in [0.2, 0.25) is 0 Å². The van der Waals surface area contributed by atoms with E-state index in [1.807, 2.05) is 0 Å². The third-order valence-corrected chi connectivity index (χ3v) is 2.34. The van der Waals surface area contributed by atoms with Gasteiger partial charge in [-0.05, 0) is 25.1 Å². The zero-order chi connectivity index (χ0) is 13.1. The fourth-order valence-electron chi connectivity index (χ4n) is 1.51. The van der Waals surface area contributed by atoms with Gasteiger partial charge in [0.15, 0.2) is 5.82 Å². The topological polar surface area (TPSA) is 90.4 Å². The Morgan fingerprint density at radius 1 is 1.44 bits per heavy atom. The molecule has 0 atom stereocenters. The van der Waals surface area contributed by atoms with Crippen LogP contribution in [-0.2, 0) is 0 Å². The molecule has 0 spiro atoms. The number of nitrogen functional groups attached to an aromatic ring is 1. The molecule has 1 aromatic heterocycles. The molecule has 94 valence electrons. The number of nitrogens with zero attached hydrogens (tertiary/aromatic N) is 1. The van der Waals surface area contributed by atoms with Crippen LogP contribution in [0.3, 0.4) is 0 Å². The van der Waals surface area contributed by atoms with E-state index in [1.54, 1.807) is 31.2 Å². The number of carbonyl (C=O) groups is 1. The number of hydrogen-bond acceptors (Lipinski definition) is 5. The number of nitrogens with two attached hydrogens (primary N) is 1. The minimum Gasteiger partial charge on any atom is -0.496 e. The van der Waals surface area contributed by atoms with Crippen LogP contribution in [0.15, 0.2) is 28.8 Å². The average molecular weight is 247 g/mol. The summed E-state index contributed by atoms with van der Waals surface area (Å²) in [4.78, 5) is 12.0. The minimum absolute atomic E-state index is 0.346. The highest BCUT2D eigenvalue weighted by Crippen LogP contribution is 2.22. The van der Waals surface area contributed by atoms with Gasteiger partial charge >= 0.3 is 0 Å². The predicted molar refractivity (Wildman–Crippen MR) is 66.6 cm³/mol. The van der Waals surface area contributed by atoms with Crippen LogP contribution >= 0.6 is 0 Å². The number of amides is 1. The number of nitrogens with one attached hydrogen (secondary N) is 1. The fraction of sp³-hybridized carbons (Fsp3) is 0.167. The zero-order valence-corrected chi connectivity index (χ0v) is 10.1. The minimum atomic E-state index is -0.354. The first kappa shape index (κ1) is 12.0. The van der Waals surface area contributed by atoms with Crippen molar-refractivity contribution in [1.29, 1.82) is 0 Å². The quantitative estimate of drug-likeness (QED) is 0.807. The summed E-state index contributed by atoms with van der Waals surface area (Å²) in [5.74, 6) is 1.06. The monoisotopic (exact) mass is 247 g/mol. The standard InChI is InChI=1S/C12H13N3O3/c1-7-5-11(15-18-7)14-12(16)9-6-8(13)3-4-10(9)17-2/h3-6H,13H2,1-2H3,(H,14,15,16). The predicted octanol–water partition coefficient (Wildman–Crippen LogP) is 1.83. The Kier molecular flexibility index (Phi) is 3.18. The lowest BCUT2D eigenvalue weighted by atomic mass is 10.1. The summed E-state index contributed by atoms with van der Waals surface area (Å²) < 4.78 is 9.97. The summed E-state index contributed by atoms with van der Waals surface area (Å²) in [6, 6.07) is 6.46. The first-order valence-electron chi connectivity index (χ1n) is 5.28. The summed E-state index contributed by atoms with van der Waals surface area (Å²) in [6.07, 6.45) is 0. The molecule has 2 aromatic rings. The van der Waals surface area contributed by atoms with Crippen molar-refractivity contribution in [3.63, 3.8) is 0 Å². The van der Waals surface area contributed by atoms with Crippen LogP contribution in [0.4, 0.5) is 11.5 Å². The summed E-state index contributed by atoms with van der Waals surface area (Å²) in [5, 5.41) is 6.28. The Morgan fingerprint density at radius 3 is 2.83 bits per heavy atom. The molecular weight excluding hydrogens is 234 g/mol. The summed E-state index contributed by atoms with van der Waals surface area (Å²) >= 11 is 0. The molecule has 1 heterocycles. The van der Waals surface area contributed by atoms with Crippen LogP contribution in [0.1, 0.15) is 16.1 Å². The van der Waals surface area contributed by atoms with E-state index in [0.29, 0.717) is 28.6 Å². The van der Waals surface area contributed by atoms with Gasteiger partial charge in [0.05, 0.1) is 12.7 Å². The second kappa shape index (κ2) is 4.79. The van der Waals surface area contributed by atoms with Crippen molar-refractivity contribution in [2.75, 3.05) is 18.2 Å². The Bertz CT molecular complexity index is 578. The Hall–Kier alpha value is -2.50. The molecule has 6 heteroatoms. The molecule has 18 heavy (non-hydrogen) atoms. The smallest absolute Gasteiger partial charge is 0.260 e. The highest BCUT2D eigenvalue weighted by molar-refractivity contribution is 6.06. The van der Waals surface area contributed by atoms with Gasteiger partial charge in [0.1, 0.15) is 11.5 Å². The molecule has 0 aliphatic rings. The Labute approximate surface area is 104 Å². The van der Waals surface area contributed by atoms with E-state index in [9.17, 15) is 4.79 Å². The zero-order valence-electron chi connectivity index (χ0n) is 10.1. The molecule has 0 bridgehead atoms. The average Bonchev–Trinajstić information content (AvgIpc) is 2.74. The molecule has 0 aliphatic heterocycles. The van der Waals surface area contributed by atoms with Crippen LogP contribution in [-0.4, -0.2) is 18.2 Å². The maximum atomic E-state index is 12.0. The molecule has 0 unspecified atom stereocenters. The first-order valence-corrected chi connectivity index (χ1v) is 5.28. The van der Waals surface area contributed by atoms with Crippen LogP contribution in [0.2, 0.25) is 0 Å². The molecule has 0 fully saturated rings. The Balaban J connectivity index is 2.25. The van der Waals surface area contributed by atoms with E-state index in [4.69, 9.17) is 15.0 Å². The van der Waals surface area contributed by atoms with Gasteiger partial charge < -0.3 is 20.3 Å². The van der Waals surface area contributed by atoms with E-state index in [0.717, 1.165) is 0 Å². The number of methoxy groups -OCH3 is 1. The van der Waals surface area contributed by atoms with Crippen LogP contribution in [0, 0.1) is 6.92 Å². The maximum absolute atomic E-state index is 12.0. The molecule has 0 aliphatic carbocycles. The SMILES string of the molecule is COc1ccc(N)cc1C(=O)Nc1cc(C)on1. The van der Waals surface area contributed by atoms with Gasteiger partial charge in [-0.1, -0.05) is 5.16 Å². The van der Waals surface area contributed by atoms with Crippen LogP contribution in [0.25, 0.3) is 0 Å². The van der Waals surface area contributed by atoms with E-state index in [1.165, 1.54) is 7.11 Å². The van der Waals surface area contributed by atoms with Gasteiger partial charge in [0, 0.05) is 11.8 Å². The molecular formula is C12H13N3O3. The molecule has 0 radical (unpaired) electrons. The number of aryl methyl sites for hydroxylation is 1. The van der Waals surface area contributed by atoms with Gasteiger partial charge in [-0.2, -0.15) is 0 Å². The lowest BCUT2D eigenvalue weighted by Crippen LogP contribution is -2.13.